The van der Waals surface area contributed by atoms with Crippen molar-refractivity contribution in [1.29, 1.82) is 0 Å². The van der Waals surface area contributed by atoms with E-state index in [1.807, 2.05) is 0 Å². The molecule has 4 rings (SSSR count). The highest BCUT2D eigenvalue weighted by Gasteiger charge is 2.28. The van der Waals surface area contributed by atoms with Crippen LogP contribution in [-0.2, 0) is 10.0 Å². The van der Waals surface area contributed by atoms with E-state index in [0.717, 1.165) is 30.7 Å². The highest BCUT2D eigenvalue weighted by molar-refractivity contribution is 7.99. The standard InChI is InChI=1S/C22H18FN3O5S2/c23-19-6-1-2-7-21(19)32-20-11-10-16(26(28)29)13-18(20)22(27)24-15-4-3-5-17(12-15)33(30,31)25-14-8-9-14/h1-7,10-14,25H,8-9H2,(H,24,27). The Morgan fingerprint density at radius 1 is 1.03 bits per heavy atom. The number of anilines is 1. The number of halogens is 1. The van der Waals surface area contributed by atoms with E-state index in [1.54, 1.807) is 6.07 Å². The second-order valence-electron chi connectivity index (χ2n) is 7.35. The smallest absolute Gasteiger partial charge is 0.270 e. The van der Waals surface area contributed by atoms with Crippen LogP contribution >= 0.6 is 11.8 Å². The van der Waals surface area contributed by atoms with Gasteiger partial charge >= 0.3 is 0 Å². The Kier molecular flexibility index (Phi) is 6.45. The van der Waals surface area contributed by atoms with Crippen molar-refractivity contribution in [1.82, 2.24) is 4.72 Å². The van der Waals surface area contributed by atoms with Crippen LogP contribution in [0.2, 0.25) is 0 Å². The summed E-state index contributed by atoms with van der Waals surface area (Å²) in [4.78, 5) is 24.2. The average molecular weight is 488 g/mol. The maximum Gasteiger partial charge on any atom is 0.270 e. The van der Waals surface area contributed by atoms with Crippen molar-refractivity contribution in [3.05, 3.63) is 88.2 Å². The molecule has 1 aliphatic rings. The van der Waals surface area contributed by atoms with E-state index in [1.165, 1.54) is 54.6 Å². The molecule has 1 saturated carbocycles. The predicted molar refractivity (Wildman–Crippen MR) is 121 cm³/mol. The minimum absolute atomic E-state index is 0.00722. The van der Waals surface area contributed by atoms with E-state index in [-0.39, 0.29) is 32.8 Å². The van der Waals surface area contributed by atoms with Crippen LogP contribution in [0.4, 0.5) is 15.8 Å². The maximum atomic E-state index is 14.1. The van der Waals surface area contributed by atoms with Crippen molar-refractivity contribution >= 4 is 39.1 Å². The van der Waals surface area contributed by atoms with Crippen LogP contribution in [0, 0.1) is 15.9 Å². The zero-order valence-electron chi connectivity index (χ0n) is 17.0. The predicted octanol–water partition coefficient (Wildman–Crippen LogP) is 4.58. The zero-order chi connectivity index (χ0) is 23.6. The number of amides is 1. The fraction of sp³-hybridized carbons (Fsp3) is 0.136. The number of non-ortho nitro benzene ring substituents is 1. The van der Waals surface area contributed by atoms with Gasteiger partial charge in [-0.15, -0.1) is 0 Å². The van der Waals surface area contributed by atoms with Crippen molar-refractivity contribution in [3.8, 4) is 0 Å². The van der Waals surface area contributed by atoms with Crippen LogP contribution in [0.15, 0.2) is 81.4 Å². The molecule has 1 amide bonds. The fourth-order valence-corrected chi connectivity index (χ4v) is 5.27. The van der Waals surface area contributed by atoms with Gasteiger partial charge in [0.25, 0.3) is 11.6 Å². The lowest BCUT2D eigenvalue weighted by Gasteiger charge is -2.12. The molecule has 33 heavy (non-hydrogen) atoms. The molecule has 0 aliphatic heterocycles. The molecular formula is C22H18FN3O5S2. The Balaban J connectivity index is 1.63. The highest BCUT2D eigenvalue weighted by atomic mass is 32.2. The maximum absolute atomic E-state index is 14.1. The molecule has 3 aromatic carbocycles. The summed E-state index contributed by atoms with van der Waals surface area (Å²) in [6.07, 6.45) is 1.57. The normalized spacial score (nSPS) is 13.5. The zero-order valence-corrected chi connectivity index (χ0v) is 18.7. The number of benzene rings is 3. The number of hydrogen-bond donors (Lipinski definition) is 2. The largest absolute Gasteiger partial charge is 0.322 e. The number of rotatable bonds is 8. The van der Waals surface area contributed by atoms with Crippen molar-refractivity contribution < 1.29 is 22.5 Å². The Bertz CT molecular complexity index is 1340. The molecule has 0 radical (unpaired) electrons. The molecule has 11 heteroatoms. The van der Waals surface area contributed by atoms with Gasteiger partial charge in [-0.25, -0.2) is 17.5 Å². The van der Waals surface area contributed by atoms with E-state index in [2.05, 4.69) is 10.0 Å². The van der Waals surface area contributed by atoms with Crippen molar-refractivity contribution in [3.63, 3.8) is 0 Å². The van der Waals surface area contributed by atoms with Crippen LogP contribution in [0.3, 0.4) is 0 Å². The number of sulfonamides is 1. The third-order valence-corrected chi connectivity index (χ3v) is 7.42. The third kappa shape index (κ3) is 5.56. The monoisotopic (exact) mass is 487 g/mol. The molecule has 2 N–H and O–H groups in total. The average Bonchev–Trinajstić information content (AvgIpc) is 3.59. The first-order chi connectivity index (χ1) is 15.7. The molecule has 0 unspecified atom stereocenters. The Morgan fingerprint density at radius 2 is 1.79 bits per heavy atom. The summed E-state index contributed by atoms with van der Waals surface area (Å²) in [5, 5.41) is 13.8. The molecule has 0 saturated heterocycles. The molecule has 0 bridgehead atoms. The number of nitrogens with zero attached hydrogens (tertiary/aromatic N) is 1. The number of nitro benzene ring substituents is 1. The van der Waals surface area contributed by atoms with Gasteiger partial charge in [-0.2, -0.15) is 0 Å². The van der Waals surface area contributed by atoms with E-state index in [9.17, 15) is 27.7 Å². The van der Waals surface area contributed by atoms with Crippen LogP contribution in [0.1, 0.15) is 23.2 Å². The van der Waals surface area contributed by atoms with Gasteiger partial charge in [-0.05, 0) is 49.2 Å². The van der Waals surface area contributed by atoms with Gasteiger partial charge in [0, 0.05) is 33.7 Å². The van der Waals surface area contributed by atoms with Gasteiger partial charge < -0.3 is 5.32 Å². The summed E-state index contributed by atoms with van der Waals surface area (Å²) in [5.74, 6) is -1.18. The Hall–Kier alpha value is -3.28. The number of carbonyl (C=O) groups is 1. The SMILES string of the molecule is O=C(Nc1cccc(S(=O)(=O)NC2CC2)c1)c1cc([N+](=O)[O-])ccc1Sc1ccccc1F. The summed E-state index contributed by atoms with van der Waals surface area (Å²) in [7, 11) is -3.73. The quantitative estimate of drug-likeness (QED) is 0.355. The Morgan fingerprint density at radius 3 is 2.48 bits per heavy atom. The van der Waals surface area contributed by atoms with Gasteiger partial charge in [0.05, 0.1) is 15.4 Å². The van der Waals surface area contributed by atoms with E-state index in [4.69, 9.17) is 0 Å². The molecule has 1 fully saturated rings. The fourth-order valence-electron chi connectivity index (χ4n) is 2.97. The van der Waals surface area contributed by atoms with Gasteiger partial charge in [0.15, 0.2) is 0 Å². The molecule has 0 heterocycles. The summed E-state index contributed by atoms with van der Waals surface area (Å²) in [6, 6.07) is 15.3. The summed E-state index contributed by atoms with van der Waals surface area (Å²) < 4.78 is 41.6. The van der Waals surface area contributed by atoms with Crippen molar-refractivity contribution in [2.45, 2.75) is 33.6 Å². The molecule has 0 aromatic heterocycles. The first kappa shape index (κ1) is 22.9. The first-order valence-corrected chi connectivity index (χ1v) is 12.2. The van der Waals surface area contributed by atoms with Gasteiger partial charge in [-0.3, -0.25) is 14.9 Å². The van der Waals surface area contributed by atoms with Crippen molar-refractivity contribution in [2.24, 2.45) is 0 Å². The number of hydrogen-bond acceptors (Lipinski definition) is 6. The van der Waals surface area contributed by atoms with Crippen LogP contribution in [0.25, 0.3) is 0 Å². The lowest BCUT2D eigenvalue weighted by atomic mass is 10.2. The number of nitro groups is 1. The molecule has 3 aromatic rings. The first-order valence-electron chi connectivity index (χ1n) is 9.87. The molecule has 170 valence electrons. The summed E-state index contributed by atoms with van der Waals surface area (Å²) in [6.45, 7) is 0. The van der Waals surface area contributed by atoms with Crippen LogP contribution in [0.5, 0.6) is 0 Å². The van der Waals surface area contributed by atoms with E-state index >= 15 is 0 Å². The van der Waals surface area contributed by atoms with Crippen molar-refractivity contribution in [2.75, 3.05) is 5.32 Å². The molecular weight excluding hydrogens is 469 g/mol. The lowest BCUT2D eigenvalue weighted by molar-refractivity contribution is -0.384. The minimum atomic E-state index is -3.73. The summed E-state index contributed by atoms with van der Waals surface area (Å²) >= 11 is 0.957. The second-order valence-corrected chi connectivity index (χ2v) is 10.1. The topological polar surface area (TPSA) is 118 Å². The number of carbonyl (C=O) groups excluding carboxylic acids is 1. The molecule has 0 spiro atoms. The molecule has 1 aliphatic carbocycles. The molecule has 0 atom stereocenters. The van der Waals surface area contributed by atoms with E-state index < -0.39 is 26.7 Å². The molecule has 8 nitrogen and oxygen atoms in total. The lowest BCUT2D eigenvalue weighted by Crippen LogP contribution is -2.25. The van der Waals surface area contributed by atoms with Gasteiger partial charge in [-0.1, -0.05) is 30.0 Å². The highest BCUT2D eigenvalue weighted by Crippen LogP contribution is 2.34. The summed E-state index contributed by atoms with van der Waals surface area (Å²) in [5.41, 5.74) is -0.142. The van der Waals surface area contributed by atoms with Crippen LogP contribution < -0.4 is 10.0 Å². The number of nitrogens with one attached hydrogen (secondary N) is 2. The van der Waals surface area contributed by atoms with Gasteiger partial charge in [0.2, 0.25) is 10.0 Å². The van der Waals surface area contributed by atoms with Crippen LogP contribution in [-0.4, -0.2) is 25.3 Å². The third-order valence-electron chi connectivity index (χ3n) is 4.78. The second kappa shape index (κ2) is 9.30. The Labute approximate surface area is 193 Å². The minimum Gasteiger partial charge on any atom is -0.322 e. The van der Waals surface area contributed by atoms with E-state index in [0.29, 0.717) is 4.90 Å². The van der Waals surface area contributed by atoms with Gasteiger partial charge in [0.1, 0.15) is 5.82 Å².